The number of aliphatic hydroxyl groups excluding tert-OH is 1. The molecule has 4 aromatic rings. The monoisotopic (exact) mass is 688 g/mol. The van der Waals surface area contributed by atoms with Crippen LogP contribution in [-0.2, 0) is 41.4 Å². The van der Waals surface area contributed by atoms with Crippen LogP contribution < -0.4 is 17.0 Å². The number of phosphoric ester groups is 2. The number of aliphatic hydroxyl groups is 1. The van der Waals surface area contributed by atoms with Gasteiger partial charge in [-0.1, -0.05) is 0 Å². The molecule has 0 spiro atoms. The van der Waals surface area contributed by atoms with Crippen LogP contribution in [0.25, 0.3) is 22.3 Å². The van der Waals surface area contributed by atoms with Gasteiger partial charge in [-0.25, -0.2) is 29.1 Å². The minimum Gasteiger partial charge on any atom is -0.386 e. The van der Waals surface area contributed by atoms with Gasteiger partial charge in [0.15, 0.2) is 35.1 Å². The van der Waals surface area contributed by atoms with Crippen molar-refractivity contribution in [1.29, 1.82) is 0 Å². The standard InChI is InChI=1S/C21H26N10O13P2/c1-38-14-13-8(42-20(14)31-6-27-10-17(31)28-21(23)29-18(10)33)3-40-45(34,35)43-12-7(2-39-46(36,37)44-13)41-19(11(12)32)30-5-26-9-15(22)24-4-25-16(9)30/h4-8,11-14,19-20,32H,2-3H2,1H3,(H,34,35)(H,36,37)(H2,22,24,25)(H3,23,28,29,33)/t7?,8?,11-,12-,13-,14-,19-,20-/m1/s1. The lowest BCUT2D eigenvalue weighted by Gasteiger charge is -2.28. The summed E-state index contributed by atoms with van der Waals surface area (Å²) in [5.74, 6) is -0.173. The molecule has 7 heterocycles. The lowest BCUT2D eigenvalue weighted by Crippen LogP contribution is -2.39. The van der Waals surface area contributed by atoms with Gasteiger partial charge in [0.05, 0.1) is 25.9 Å². The van der Waals surface area contributed by atoms with E-state index in [4.69, 9.17) is 43.8 Å². The first-order valence-electron chi connectivity index (χ1n) is 13.3. The van der Waals surface area contributed by atoms with E-state index in [-0.39, 0.29) is 34.1 Å². The molecule has 3 saturated heterocycles. The number of nitrogen functional groups attached to an aromatic ring is 2. The van der Waals surface area contributed by atoms with Gasteiger partial charge < -0.3 is 40.6 Å². The number of H-pyrrole nitrogens is 1. The quantitative estimate of drug-likeness (QED) is 0.131. The average Bonchev–Trinajstić information content (AvgIpc) is 3.75. The minimum absolute atomic E-state index is 0.0144. The number of anilines is 2. The fourth-order valence-electron chi connectivity index (χ4n) is 5.55. The summed E-state index contributed by atoms with van der Waals surface area (Å²) in [5.41, 5.74) is 11.1. The molecule has 0 radical (unpaired) electrons. The molecule has 4 unspecified atom stereocenters. The summed E-state index contributed by atoms with van der Waals surface area (Å²) in [5, 5.41) is 11.2. The number of aromatic nitrogens is 8. The number of rotatable bonds is 3. The van der Waals surface area contributed by atoms with Crippen LogP contribution in [0, 0.1) is 0 Å². The Labute approximate surface area is 255 Å². The second kappa shape index (κ2) is 11.4. The smallest absolute Gasteiger partial charge is 0.386 e. The van der Waals surface area contributed by atoms with Crippen molar-refractivity contribution in [2.24, 2.45) is 0 Å². The van der Waals surface area contributed by atoms with E-state index in [0.717, 1.165) is 6.33 Å². The van der Waals surface area contributed by atoms with Crippen molar-refractivity contribution in [3.8, 4) is 0 Å². The summed E-state index contributed by atoms with van der Waals surface area (Å²) in [6.07, 6.45) is -7.73. The molecule has 23 nitrogen and oxygen atoms in total. The number of nitrogens with zero attached hydrogens (tertiary/aromatic N) is 7. The Bertz CT molecular complexity index is 1950. The Morgan fingerprint density at radius 3 is 2.22 bits per heavy atom. The van der Waals surface area contributed by atoms with E-state index in [1.807, 2.05) is 0 Å². The van der Waals surface area contributed by atoms with Gasteiger partial charge in [-0.2, -0.15) is 4.98 Å². The van der Waals surface area contributed by atoms with Crippen LogP contribution in [0.1, 0.15) is 12.5 Å². The maximum absolute atomic E-state index is 13.2. The zero-order valence-electron chi connectivity index (χ0n) is 23.4. The fraction of sp³-hybridized carbons (Fsp3) is 0.524. The molecule has 3 aliphatic rings. The highest BCUT2D eigenvalue weighted by Gasteiger charge is 2.54. The van der Waals surface area contributed by atoms with Crippen molar-refractivity contribution in [2.45, 2.75) is 49.1 Å². The largest absolute Gasteiger partial charge is 0.472 e. The maximum Gasteiger partial charge on any atom is 0.472 e. The highest BCUT2D eigenvalue weighted by atomic mass is 31.2. The summed E-state index contributed by atoms with van der Waals surface area (Å²) in [6.45, 7) is -1.52. The van der Waals surface area contributed by atoms with Crippen molar-refractivity contribution in [2.75, 3.05) is 31.8 Å². The highest BCUT2D eigenvalue weighted by Crippen LogP contribution is 2.54. The Hall–Kier alpha value is -3.44. The summed E-state index contributed by atoms with van der Waals surface area (Å²) >= 11 is 0. The molecule has 10 atom stereocenters. The second-order valence-electron chi connectivity index (χ2n) is 10.3. The van der Waals surface area contributed by atoms with E-state index < -0.39 is 83.5 Å². The first-order chi connectivity index (χ1) is 21.9. The molecule has 0 bridgehead atoms. The number of fused-ring (bicyclic) bond motifs is 4. The summed E-state index contributed by atoms with van der Waals surface area (Å²) in [7, 11) is -8.76. The van der Waals surface area contributed by atoms with Crippen LogP contribution in [0.2, 0.25) is 0 Å². The van der Waals surface area contributed by atoms with Gasteiger partial charge in [0.25, 0.3) is 5.56 Å². The lowest BCUT2D eigenvalue weighted by atomic mass is 10.1. The van der Waals surface area contributed by atoms with E-state index in [2.05, 4.69) is 29.9 Å². The molecule has 3 aliphatic heterocycles. The molecular weight excluding hydrogens is 662 g/mol. The first kappa shape index (κ1) is 31.2. The molecule has 0 aliphatic carbocycles. The zero-order valence-corrected chi connectivity index (χ0v) is 25.2. The number of phosphoric acid groups is 2. The number of methoxy groups -OCH3 is 1. The van der Waals surface area contributed by atoms with Gasteiger partial charge >= 0.3 is 15.6 Å². The number of hydrogen-bond donors (Lipinski definition) is 6. The molecule has 0 amide bonds. The van der Waals surface area contributed by atoms with Crippen LogP contribution in [0.4, 0.5) is 11.8 Å². The molecule has 8 N–H and O–H groups in total. The molecule has 46 heavy (non-hydrogen) atoms. The van der Waals surface area contributed by atoms with Crippen LogP contribution in [-0.4, -0.2) is 111 Å². The van der Waals surface area contributed by atoms with E-state index >= 15 is 0 Å². The van der Waals surface area contributed by atoms with Crippen LogP contribution in [0.5, 0.6) is 0 Å². The van der Waals surface area contributed by atoms with E-state index in [0.29, 0.717) is 0 Å². The van der Waals surface area contributed by atoms with Crippen LogP contribution >= 0.6 is 15.6 Å². The summed E-state index contributed by atoms with van der Waals surface area (Å²) < 4.78 is 67.6. The number of hydrogen-bond acceptors (Lipinski definition) is 18. The average molecular weight is 688 g/mol. The minimum atomic E-state index is -5.01. The van der Waals surface area contributed by atoms with Gasteiger partial charge in [0, 0.05) is 7.11 Å². The Morgan fingerprint density at radius 1 is 0.913 bits per heavy atom. The molecule has 3 fully saturated rings. The van der Waals surface area contributed by atoms with E-state index in [9.17, 15) is 28.8 Å². The summed E-state index contributed by atoms with van der Waals surface area (Å²) in [4.78, 5) is 56.2. The number of nitrogens with one attached hydrogen (secondary N) is 1. The third-order valence-electron chi connectivity index (χ3n) is 7.57. The normalized spacial score (nSPS) is 37.1. The van der Waals surface area contributed by atoms with Crippen molar-refractivity contribution in [3.63, 3.8) is 0 Å². The topological polar surface area (TPSA) is 319 Å². The fourth-order valence-corrected chi connectivity index (χ4v) is 7.47. The lowest BCUT2D eigenvalue weighted by molar-refractivity contribution is -0.0666. The molecule has 0 aromatic carbocycles. The number of aromatic amines is 1. The molecular formula is C21H26N10O13P2. The van der Waals surface area contributed by atoms with Gasteiger partial charge in [-0.05, 0) is 0 Å². The second-order valence-corrected chi connectivity index (χ2v) is 13.2. The van der Waals surface area contributed by atoms with Crippen LogP contribution in [0.15, 0.2) is 23.8 Å². The Morgan fingerprint density at radius 2 is 1.52 bits per heavy atom. The number of nitrogens with two attached hydrogens (primary N) is 2. The summed E-state index contributed by atoms with van der Waals surface area (Å²) in [6, 6.07) is 0. The molecule has 248 valence electrons. The Kier molecular flexibility index (Phi) is 7.70. The van der Waals surface area contributed by atoms with Gasteiger partial charge in [0.2, 0.25) is 5.95 Å². The highest BCUT2D eigenvalue weighted by molar-refractivity contribution is 7.47. The van der Waals surface area contributed by atoms with Gasteiger partial charge in [-0.3, -0.25) is 37.0 Å². The zero-order chi connectivity index (χ0) is 32.5. The third kappa shape index (κ3) is 5.39. The first-order valence-corrected chi connectivity index (χ1v) is 16.3. The Balaban J connectivity index is 1.18. The third-order valence-corrected chi connectivity index (χ3v) is 9.54. The number of imidazole rings is 2. The predicted octanol–water partition coefficient (Wildman–Crippen LogP) is -1.69. The van der Waals surface area contributed by atoms with Gasteiger partial charge in [-0.15, -0.1) is 0 Å². The van der Waals surface area contributed by atoms with Crippen molar-refractivity contribution in [1.82, 2.24) is 39.0 Å². The van der Waals surface area contributed by atoms with E-state index in [1.54, 1.807) is 0 Å². The SMILES string of the molecule is CO[C@@H]1[C@@H]2OP(=O)(O)OCC3O[C@@H](n4cnc5c(N)ncnc54)[C@H](O)[C@@H]3OP(=O)(O)OCC2O[C@H]1n1cnc2c(=O)[nH]c(N)nc21. The van der Waals surface area contributed by atoms with E-state index in [1.165, 1.54) is 28.9 Å². The van der Waals surface area contributed by atoms with Crippen molar-refractivity contribution in [3.05, 3.63) is 29.3 Å². The molecule has 7 rings (SSSR count). The van der Waals surface area contributed by atoms with Crippen molar-refractivity contribution < 1.29 is 56.3 Å². The van der Waals surface area contributed by atoms with Gasteiger partial charge in [0.1, 0.15) is 48.5 Å². The molecule has 4 aromatic heterocycles. The number of ether oxygens (including phenoxy) is 3. The molecule has 25 heteroatoms. The van der Waals surface area contributed by atoms with Crippen LogP contribution in [0.3, 0.4) is 0 Å². The predicted molar refractivity (Wildman–Crippen MR) is 148 cm³/mol. The molecule has 0 saturated carbocycles. The van der Waals surface area contributed by atoms with Crippen molar-refractivity contribution >= 4 is 49.7 Å². The maximum atomic E-state index is 13.2.